The predicted octanol–water partition coefficient (Wildman–Crippen LogP) is 2.31. The number of rotatable bonds is 3. The zero-order valence-corrected chi connectivity index (χ0v) is 12.3. The molecule has 0 radical (unpaired) electrons. The van der Waals surface area contributed by atoms with E-state index in [2.05, 4.69) is 10.6 Å². The number of nitrogens with one attached hydrogen (secondary N) is 2. The summed E-state index contributed by atoms with van der Waals surface area (Å²) in [7, 11) is 1.44. The van der Waals surface area contributed by atoms with Crippen molar-refractivity contribution in [3.8, 4) is 11.8 Å². The summed E-state index contributed by atoms with van der Waals surface area (Å²) in [6.45, 7) is 0. The van der Waals surface area contributed by atoms with Gasteiger partial charge in [-0.1, -0.05) is 0 Å². The molecule has 0 fully saturated rings. The zero-order chi connectivity index (χ0) is 16.4. The lowest BCUT2D eigenvalue weighted by Gasteiger charge is -2.10. The van der Waals surface area contributed by atoms with Crippen molar-refractivity contribution >= 4 is 23.2 Å². The molecule has 0 atom stereocenters. The highest BCUT2D eigenvalue weighted by molar-refractivity contribution is 6.07. The Morgan fingerprint density at radius 2 is 2.13 bits per heavy atom. The van der Waals surface area contributed by atoms with Crippen LogP contribution in [-0.4, -0.2) is 18.9 Å². The van der Waals surface area contributed by atoms with Gasteiger partial charge in [-0.25, -0.2) is 0 Å². The Morgan fingerprint density at radius 1 is 1.30 bits per heavy atom. The Hall–Kier alpha value is -3.33. The molecule has 6 heteroatoms. The number of anilines is 2. The van der Waals surface area contributed by atoms with E-state index in [9.17, 15) is 9.59 Å². The molecule has 6 nitrogen and oxygen atoms in total. The normalized spacial score (nSPS) is 12.1. The number of hydrogen-bond donors (Lipinski definition) is 2. The lowest BCUT2D eigenvalue weighted by Crippen LogP contribution is -2.13. The molecular formula is C17H13N3O3. The molecule has 114 valence electrons. The van der Waals surface area contributed by atoms with Gasteiger partial charge in [0.25, 0.3) is 5.91 Å². The first-order chi connectivity index (χ1) is 11.1. The molecule has 2 amide bonds. The minimum absolute atomic E-state index is 0.0581. The molecule has 0 bridgehead atoms. The largest absolute Gasteiger partial charge is 0.496 e. The molecule has 2 N–H and O–H groups in total. The molecule has 23 heavy (non-hydrogen) atoms. The van der Waals surface area contributed by atoms with E-state index >= 15 is 0 Å². The van der Waals surface area contributed by atoms with Crippen LogP contribution in [0.2, 0.25) is 0 Å². The summed E-state index contributed by atoms with van der Waals surface area (Å²) in [5, 5.41) is 14.4. The van der Waals surface area contributed by atoms with Crippen molar-refractivity contribution in [2.24, 2.45) is 0 Å². The molecule has 0 aliphatic carbocycles. The Labute approximate surface area is 132 Å². The number of amides is 2. The third kappa shape index (κ3) is 2.85. The second-order valence-corrected chi connectivity index (χ2v) is 5.08. The predicted molar refractivity (Wildman–Crippen MR) is 84.4 cm³/mol. The summed E-state index contributed by atoms with van der Waals surface area (Å²) in [6, 6.07) is 11.9. The van der Waals surface area contributed by atoms with Crippen LogP contribution in [-0.2, 0) is 11.2 Å². The van der Waals surface area contributed by atoms with Gasteiger partial charge in [0, 0.05) is 11.4 Å². The first-order valence-electron chi connectivity index (χ1n) is 6.93. The first kappa shape index (κ1) is 14.6. The van der Waals surface area contributed by atoms with E-state index in [0.29, 0.717) is 29.0 Å². The van der Waals surface area contributed by atoms with E-state index in [1.165, 1.54) is 13.2 Å². The van der Waals surface area contributed by atoms with Gasteiger partial charge in [0.2, 0.25) is 5.91 Å². The molecule has 1 aliphatic heterocycles. The van der Waals surface area contributed by atoms with Crippen molar-refractivity contribution < 1.29 is 14.3 Å². The number of carbonyl (C=O) groups is 2. The lowest BCUT2D eigenvalue weighted by atomic mass is 10.1. The molecule has 2 aromatic rings. The molecule has 0 spiro atoms. The number of benzene rings is 2. The maximum atomic E-state index is 12.4. The van der Waals surface area contributed by atoms with Gasteiger partial charge in [-0.2, -0.15) is 5.26 Å². The molecule has 0 saturated carbocycles. The zero-order valence-electron chi connectivity index (χ0n) is 12.3. The van der Waals surface area contributed by atoms with E-state index in [1.54, 1.807) is 30.3 Å². The fourth-order valence-electron chi connectivity index (χ4n) is 2.45. The fourth-order valence-corrected chi connectivity index (χ4v) is 2.45. The summed E-state index contributed by atoms with van der Waals surface area (Å²) in [5.74, 6) is -0.0691. The summed E-state index contributed by atoms with van der Waals surface area (Å²) in [6.07, 6.45) is 0.305. The van der Waals surface area contributed by atoms with E-state index in [-0.39, 0.29) is 11.8 Å². The minimum Gasteiger partial charge on any atom is -0.496 e. The number of methoxy groups -OCH3 is 1. The maximum absolute atomic E-state index is 12.4. The van der Waals surface area contributed by atoms with Gasteiger partial charge in [-0.15, -0.1) is 0 Å². The van der Waals surface area contributed by atoms with Gasteiger partial charge in [-0.05, 0) is 42.0 Å². The maximum Gasteiger partial charge on any atom is 0.259 e. The van der Waals surface area contributed by atoms with Gasteiger partial charge in [-0.3, -0.25) is 9.59 Å². The van der Waals surface area contributed by atoms with Crippen LogP contribution in [0.15, 0.2) is 36.4 Å². The summed E-state index contributed by atoms with van der Waals surface area (Å²) >= 11 is 0. The van der Waals surface area contributed by atoms with Crippen LogP contribution in [0.5, 0.6) is 5.75 Å². The topological polar surface area (TPSA) is 91.2 Å². The number of ether oxygens (including phenoxy) is 1. The molecule has 0 saturated heterocycles. The molecule has 2 aromatic carbocycles. The monoisotopic (exact) mass is 307 g/mol. The lowest BCUT2D eigenvalue weighted by molar-refractivity contribution is -0.115. The summed E-state index contributed by atoms with van der Waals surface area (Å²) < 4.78 is 5.17. The average molecular weight is 307 g/mol. The summed E-state index contributed by atoms with van der Waals surface area (Å²) in [4.78, 5) is 23.8. The van der Waals surface area contributed by atoms with Crippen molar-refractivity contribution in [2.45, 2.75) is 6.42 Å². The van der Waals surface area contributed by atoms with Crippen LogP contribution in [0.25, 0.3) is 0 Å². The number of fused-ring (bicyclic) bond motifs is 1. The van der Waals surface area contributed by atoms with E-state index in [1.807, 2.05) is 6.07 Å². The van der Waals surface area contributed by atoms with Gasteiger partial charge in [0.1, 0.15) is 5.75 Å². The number of nitriles is 1. The van der Waals surface area contributed by atoms with Crippen molar-refractivity contribution in [1.29, 1.82) is 5.26 Å². The van der Waals surface area contributed by atoms with Crippen LogP contribution in [0.1, 0.15) is 21.5 Å². The Bertz CT molecular complexity index is 853. The average Bonchev–Trinajstić information content (AvgIpc) is 2.93. The van der Waals surface area contributed by atoms with Crippen LogP contribution in [0.4, 0.5) is 11.4 Å². The number of hydrogen-bond acceptors (Lipinski definition) is 4. The number of carbonyl (C=O) groups excluding carboxylic acids is 2. The first-order valence-corrected chi connectivity index (χ1v) is 6.93. The molecule has 0 aromatic heterocycles. The van der Waals surface area contributed by atoms with Crippen LogP contribution in [0.3, 0.4) is 0 Å². The summed E-state index contributed by atoms with van der Waals surface area (Å²) in [5.41, 5.74) is 2.96. The fraction of sp³-hybridized carbons (Fsp3) is 0.118. The van der Waals surface area contributed by atoms with Crippen molar-refractivity contribution in [2.75, 3.05) is 17.7 Å². The molecule has 3 rings (SSSR count). The Morgan fingerprint density at radius 3 is 2.87 bits per heavy atom. The molecule has 1 heterocycles. The second kappa shape index (κ2) is 5.81. The molecule has 1 aliphatic rings. The van der Waals surface area contributed by atoms with E-state index in [0.717, 1.165) is 11.3 Å². The van der Waals surface area contributed by atoms with Crippen LogP contribution < -0.4 is 15.4 Å². The number of nitrogens with zero attached hydrogens (tertiary/aromatic N) is 1. The highest BCUT2D eigenvalue weighted by Crippen LogP contribution is 2.27. The smallest absolute Gasteiger partial charge is 0.259 e. The van der Waals surface area contributed by atoms with Crippen molar-refractivity contribution in [3.05, 3.63) is 53.1 Å². The molecule has 0 unspecified atom stereocenters. The molecular weight excluding hydrogens is 294 g/mol. The van der Waals surface area contributed by atoms with Crippen molar-refractivity contribution in [1.82, 2.24) is 0 Å². The minimum atomic E-state index is -0.344. The quantitative estimate of drug-likeness (QED) is 0.910. The third-order valence-corrected chi connectivity index (χ3v) is 3.56. The second-order valence-electron chi connectivity index (χ2n) is 5.08. The standard InChI is InChI=1S/C17H13N3O3/c1-23-15-6-10(9-18)2-4-13(15)17(22)19-12-3-5-14-11(7-12)8-16(21)20-14/h2-7H,8H2,1H3,(H,19,22)(H,20,21). The third-order valence-electron chi connectivity index (χ3n) is 3.56. The SMILES string of the molecule is COc1cc(C#N)ccc1C(=O)Nc1ccc2c(c1)CC(=O)N2. The van der Waals surface area contributed by atoms with Crippen LogP contribution in [0, 0.1) is 11.3 Å². The van der Waals surface area contributed by atoms with Gasteiger partial charge >= 0.3 is 0 Å². The van der Waals surface area contributed by atoms with Gasteiger partial charge < -0.3 is 15.4 Å². The Balaban J connectivity index is 1.84. The highest BCUT2D eigenvalue weighted by Gasteiger charge is 2.19. The van der Waals surface area contributed by atoms with E-state index in [4.69, 9.17) is 10.00 Å². The van der Waals surface area contributed by atoms with Crippen molar-refractivity contribution in [3.63, 3.8) is 0 Å². The van der Waals surface area contributed by atoms with Crippen LogP contribution >= 0.6 is 0 Å². The van der Waals surface area contributed by atoms with E-state index < -0.39 is 0 Å². The van der Waals surface area contributed by atoms with Gasteiger partial charge in [0.05, 0.1) is 30.7 Å². The van der Waals surface area contributed by atoms with Gasteiger partial charge in [0.15, 0.2) is 0 Å². The highest BCUT2D eigenvalue weighted by atomic mass is 16.5. The Kier molecular flexibility index (Phi) is 3.69.